The first-order chi connectivity index (χ1) is 7.25. The van der Waals surface area contributed by atoms with Crippen LogP contribution in [0.4, 0.5) is 10.1 Å². The number of anilines is 1. The van der Waals surface area contributed by atoms with E-state index < -0.39 is 0 Å². The van der Waals surface area contributed by atoms with Gasteiger partial charge in [0.25, 0.3) is 0 Å². The Kier molecular flexibility index (Phi) is 3.18. The summed E-state index contributed by atoms with van der Waals surface area (Å²) < 4.78 is 13.3. The molecule has 2 aromatic rings. The third-order valence-corrected chi connectivity index (χ3v) is 2.74. The number of halogens is 2. The summed E-state index contributed by atoms with van der Waals surface area (Å²) in [5.41, 5.74) is 3.08. The first-order valence-corrected chi connectivity index (χ1v) is 5.64. The van der Waals surface area contributed by atoms with E-state index in [-0.39, 0.29) is 5.82 Å². The van der Waals surface area contributed by atoms with Crippen LogP contribution in [-0.4, -0.2) is 4.98 Å². The van der Waals surface area contributed by atoms with Crippen LogP contribution >= 0.6 is 22.9 Å². The largest absolute Gasteiger partial charge is 0.377 e. The van der Waals surface area contributed by atoms with Gasteiger partial charge < -0.3 is 5.32 Å². The first kappa shape index (κ1) is 10.4. The topological polar surface area (TPSA) is 24.9 Å². The highest BCUT2D eigenvalue weighted by molar-refractivity contribution is 7.07. The lowest BCUT2D eigenvalue weighted by molar-refractivity contribution is 0.630. The zero-order valence-electron chi connectivity index (χ0n) is 7.71. The molecule has 0 aliphatic rings. The predicted molar refractivity (Wildman–Crippen MR) is 60.9 cm³/mol. The predicted octanol–water partition coefficient (Wildman–Crippen LogP) is 3.55. The molecule has 1 N–H and O–H groups in total. The Labute approximate surface area is 95.7 Å². The Morgan fingerprint density at radius 2 is 2.33 bits per heavy atom. The number of thiazole rings is 1. The molecule has 0 fully saturated rings. The molecule has 0 saturated heterocycles. The lowest BCUT2D eigenvalue weighted by atomic mass is 10.3. The summed E-state index contributed by atoms with van der Waals surface area (Å²) in [4.78, 5) is 4.09. The molecule has 1 aromatic heterocycles. The van der Waals surface area contributed by atoms with Gasteiger partial charge in [-0.15, -0.1) is 11.3 Å². The summed E-state index contributed by atoms with van der Waals surface area (Å²) in [6.07, 6.45) is 0. The average Bonchev–Trinajstić information content (AvgIpc) is 2.69. The van der Waals surface area contributed by atoms with Crippen LogP contribution in [0.2, 0.25) is 5.02 Å². The van der Waals surface area contributed by atoms with E-state index in [9.17, 15) is 4.39 Å². The molecule has 78 valence electrons. The average molecular weight is 243 g/mol. The summed E-state index contributed by atoms with van der Waals surface area (Å²) >= 11 is 7.15. The molecule has 2 nitrogen and oxygen atoms in total. The van der Waals surface area contributed by atoms with E-state index in [0.717, 1.165) is 5.69 Å². The summed E-state index contributed by atoms with van der Waals surface area (Å²) in [6.45, 7) is 0.516. The van der Waals surface area contributed by atoms with Gasteiger partial charge in [0.2, 0.25) is 0 Å². The second-order valence-electron chi connectivity index (χ2n) is 2.96. The van der Waals surface area contributed by atoms with E-state index in [1.807, 2.05) is 5.38 Å². The third-order valence-electron chi connectivity index (χ3n) is 1.87. The highest BCUT2D eigenvalue weighted by atomic mass is 35.5. The molecule has 5 heteroatoms. The Morgan fingerprint density at radius 1 is 1.47 bits per heavy atom. The summed E-state index contributed by atoms with van der Waals surface area (Å²) in [5.74, 6) is -0.349. The summed E-state index contributed by atoms with van der Waals surface area (Å²) in [6, 6.07) is 4.54. The van der Waals surface area contributed by atoms with Crippen molar-refractivity contribution in [1.29, 1.82) is 0 Å². The minimum absolute atomic E-state index is 0.349. The molecule has 0 radical (unpaired) electrons. The van der Waals surface area contributed by atoms with Crippen molar-refractivity contribution >= 4 is 28.6 Å². The first-order valence-electron chi connectivity index (χ1n) is 4.31. The Balaban J connectivity index is 2.05. The molecular formula is C10H8ClFN2S. The van der Waals surface area contributed by atoms with Gasteiger partial charge in [-0.1, -0.05) is 11.6 Å². The molecular weight excluding hydrogens is 235 g/mol. The maximum absolute atomic E-state index is 13.3. The lowest BCUT2D eigenvalue weighted by Gasteiger charge is -2.05. The van der Waals surface area contributed by atoms with Gasteiger partial charge in [-0.25, -0.2) is 9.37 Å². The van der Waals surface area contributed by atoms with Gasteiger partial charge in [-0.2, -0.15) is 0 Å². The SMILES string of the molecule is Fc1cc(Cl)ccc1NCc1cscn1. The molecule has 2 rings (SSSR count). The second-order valence-corrected chi connectivity index (χ2v) is 4.11. The van der Waals surface area contributed by atoms with E-state index in [1.165, 1.54) is 17.4 Å². The second kappa shape index (κ2) is 4.59. The summed E-state index contributed by atoms with van der Waals surface area (Å²) in [5, 5.41) is 5.27. The van der Waals surface area contributed by atoms with Crippen molar-refractivity contribution in [2.24, 2.45) is 0 Å². The van der Waals surface area contributed by atoms with Crippen molar-refractivity contribution in [3.8, 4) is 0 Å². The smallest absolute Gasteiger partial charge is 0.147 e. The van der Waals surface area contributed by atoms with Gasteiger partial charge in [0, 0.05) is 10.4 Å². The fraction of sp³-hybridized carbons (Fsp3) is 0.100. The van der Waals surface area contributed by atoms with Crippen LogP contribution in [0.5, 0.6) is 0 Å². The molecule has 0 amide bonds. The van der Waals surface area contributed by atoms with Crippen LogP contribution in [0.3, 0.4) is 0 Å². The van der Waals surface area contributed by atoms with Gasteiger partial charge in [0.15, 0.2) is 0 Å². The molecule has 0 saturated carbocycles. The number of hydrogen-bond donors (Lipinski definition) is 1. The molecule has 15 heavy (non-hydrogen) atoms. The number of hydrogen-bond acceptors (Lipinski definition) is 3. The molecule has 0 aliphatic carbocycles. The number of nitrogens with zero attached hydrogens (tertiary/aromatic N) is 1. The maximum Gasteiger partial charge on any atom is 0.147 e. The number of aromatic nitrogens is 1. The molecule has 0 spiro atoms. The maximum atomic E-state index is 13.3. The zero-order valence-corrected chi connectivity index (χ0v) is 9.28. The van der Waals surface area contributed by atoms with E-state index in [0.29, 0.717) is 17.3 Å². The molecule has 1 aromatic carbocycles. The van der Waals surface area contributed by atoms with Gasteiger partial charge in [-0.3, -0.25) is 0 Å². The minimum atomic E-state index is -0.349. The van der Waals surface area contributed by atoms with Crippen molar-refractivity contribution < 1.29 is 4.39 Å². The van der Waals surface area contributed by atoms with E-state index in [2.05, 4.69) is 10.3 Å². The Bertz CT molecular complexity index is 445. The van der Waals surface area contributed by atoms with Crippen molar-refractivity contribution in [3.05, 3.63) is 45.6 Å². The molecule has 1 heterocycles. The van der Waals surface area contributed by atoms with E-state index in [4.69, 9.17) is 11.6 Å². The van der Waals surface area contributed by atoms with Gasteiger partial charge >= 0.3 is 0 Å². The molecule has 0 unspecified atom stereocenters. The quantitative estimate of drug-likeness (QED) is 0.891. The van der Waals surface area contributed by atoms with Crippen molar-refractivity contribution in [2.45, 2.75) is 6.54 Å². The van der Waals surface area contributed by atoms with Crippen LogP contribution in [0.15, 0.2) is 29.1 Å². The highest BCUT2D eigenvalue weighted by Crippen LogP contribution is 2.19. The third kappa shape index (κ3) is 2.67. The molecule has 0 bridgehead atoms. The van der Waals surface area contributed by atoms with Crippen LogP contribution < -0.4 is 5.32 Å². The van der Waals surface area contributed by atoms with E-state index in [1.54, 1.807) is 17.6 Å². The Morgan fingerprint density at radius 3 is 3.00 bits per heavy atom. The number of nitrogens with one attached hydrogen (secondary N) is 1. The van der Waals surface area contributed by atoms with E-state index >= 15 is 0 Å². The zero-order chi connectivity index (χ0) is 10.7. The van der Waals surface area contributed by atoms with Crippen LogP contribution in [-0.2, 0) is 6.54 Å². The highest BCUT2D eigenvalue weighted by Gasteiger charge is 2.02. The molecule has 0 aliphatic heterocycles. The van der Waals surface area contributed by atoms with Gasteiger partial charge in [0.05, 0.1) is 23.4 Å². The van der Waals surface area contributed by atoms with Crippen LogP contribution in [0.25, 0.3) is 0 Å². The normalized spacial score (nSPS) is 10.3. The van der Waals surface area contributed by atoms with Gasteiger partial charge in [-0.05, 0) is 18.2 Å². The standard InChI is InChI=1S/C10H8ClFN2S/c11-7-1-2-10(9(12)3-7)13-4-8-5-15-6-14-8/h1-3,5-6,13H,4H2. The van der Waals surface area contributed by atoms with Crippen molar-refractivity contribution in [3.63, 3.8) is 0 Å². The number of rotatable bonds is 3. The Hall–Kier alpha value is -1.13. The van der Waals surface area contributed by atoms with Gasteiger partial charge in [0.1, 0.15) is 5.82 Å². The fourth-order valence-electron chi connectivity index (χ4n) is 1.14. The van der Waals surface area contributed by atoms with Crippen LogP contribution in [0.1, 0.15) is 5.69 Å². The number of benzene rings is 1. The van der Waals surface area contributed by atoms with Crippen molar-refractivity contribution in [1.82, 2.24) is 4.98 Å². The van der Waals surface area contributed by atoms with Crippen LogP contribution in [0, 0.1) is 5.82 Å². The minimum Gasteiger partial charge on any atom is -0.377 e. The lowest BCUT2D eigenvalue weighted by Crippen LogP contribution is -2.01. The monoisotopic (exact) mass is 242 g/mol. The van der Waals surface area contributed by atoms with Crippen molar-refractivity contribution in [2.75, 3.05) is 5.32 Å². The summed E-state index contributed by atoms with van der Waals surface area (Å²) in [7, 11) is 0. The fourth-order valence-corrected chi connectivity index (χ4v) is 1.86. The molecule has 0 atom stereocenters.